The molecule has 1 aliphatic heterocycles. The first-order valence-electron chi connectivity index (χ1n) is 7.82. The van der Waals surface area contributed by atoms with E-state index in [1.54, 1.807) is 0 Å². The maximum atomic E-state index is 12.9. The lowest BCUT2D eigenvalue weighted by Crippen LogP contribution is -2.34. The Morgan fingerprint density at radius 2 is 2.13 bits per heavy atom. The number of aryl methyl sites for hydroxylation is 1. The van der Waals surface area contributed by atoms with Gasteiger partial charge in [-0.2, -0.15) is 18.3 Å². The lowest BCUT2D eigenvalue weighted by atomic mass is 9.89. The number of alkyl halides is 3. The molecule has 1 aromatic heterocycles. The molecule has 2 heterocycles. The van der Waals surface area contributed by atoms with Crippen molar-refractivity contribution in [2.75, 3.05) is 13.1 Å². The highest BCUT2D eigenvalue weighted by Crippen LogP contribution is 2.33. The van der Waals surface area contributed by atoms with Crippen molar-refractivity contribution in [1.82, 2.24) is 15.1 Å². The number of hydrogen-bond acceptors (Lipinski definition) is 2. The van der Waals surface area contributed by atoms with E-state index in [1.807, 2.05) is 19.1 Å². The van der Waals surface area contributed by atoms with Gasteiger partial charge in [0.2, 0.25) is 0 Å². The SMILES string of the molecule is Cc1cc(CN2CCCC(c3cccc(C(F)(F)F)c3)C2)n[nH]1. The van der Waals surface area contributed by atoms with Gasteiger partial charge in [0.05, 0.1) is 11.3 Å². The van der Waals surface area contributed by atoms with Gasteiger partial charge >= 0.3 is 6.18 Å². The summed E-state index contributed by atoms with van der Waals surface area (Å²) in [6, 6.07) is 7.76. The summed E-state index contributed by atoms with van der Waals surface area (Å²) in [5, 5.41) is 7.16. The van der Waals surface area contributed by atoms with Crippen LogP contribution in [0.4, 0.5) is 13.2 Å². The van der Waals surface area contributed by atoms with Crippen molar-refractivity contribution in [3.63, 3.8) is 0 Å². The summed E-state index contributed by atoms with van der Waals surface area (Å²) in [6.07, 6.45) is -2.36. The molecule has 1 aromatic carbocycles. The normalized spacial score (nSPS) is 19.9. The van der Waals surface area contributed by atoms with Crippen LogP contribution in [0, 0.1) is 6.92 Å². The fourth-order valence-electron chi connectivity index (χ4n) is 3.22. The summed E-state index contributed by atoms with van der Waals surface area (Å²) in [5.41, 5.74) is 2.22. The lowest BCUT2D eigenvalue weighted by Gasteiger charge is -2.32. The number of hydrogen-bond donors (Lipinski definition) is 1. The number of benzene rings is 1. The molecule has 124 valence electrons. The van der Waals surface area contributed by atoms with Crippen molar-refractivity contribution < 1.29 is 13.2 Å². The quantitative estimate of drug-likeness (QED) is 0.921. The number of H-pyrrole nitrogens is 1. The van der Waals surface area contributed by atoms with Crippen LogP contribution in [-0.2, 0) is 12.7 Å². The number of nitrogens with zero attached hydrogens (tertiary/aromatic N) is 2. The summed E-state index contributed by atoms with van der Waals surface area (Å²) in [5.74, 6) is 0.145. The number of halogens is 3. The molecular weight excluding hydrogens is 303 g/mol. The van der Waals surface area contributed by atoms with E-state index in [4.69, 9.17) is 0 Å². The van der Waals surface area contributed by atoms with Crippen molar-refractivity contribution in [2.24, 2.45) is 0 Å². The summed E-state index contributed by atoms with van der Waals surface area (Å²) >= 11 is 0. The Hall–Kier alpha value is -1.82. The van der Waals surface area contributed by atoms with Gasteiger partial charge in [-0.1, -0.05) is 18.2 Å². The molecule has 3 rings (SSSR count). The second-order valence-corrected chi connectivity index (χ2v) is 6.24. The monoisotopic (exact) mass is 323 g/mol. The van der Waals surface area contributed by atoms with E-state index >= 15 is 0 Å². The Morgan fingerprint density at radius 1 is 1.30 bits per heavy atom. The average Bonchev–Trinajstić information content (AvgIpc) is 2.92. The minimum Gasteiger partial charge on any atom is -0.297 e. The van der Waals surface area contributed by atoms with Crippen molar-refractivity contribution >= 4 is 0 Å². The summed E-state index contributed by atoms with van der Waals surface area (Å²) < 4.78 is 38.6. The van der Waals surface area contributed by atoms with Crippen LogP contribution in [0.15, 0.2) is 30.3 Å². The number of likely N-dealkylation sites (tertiary alicyclic amines) is 1. The van der Waals surface area contributed by atoms with Gasteiger partial charge in [-0.25, -0.2) is 0 Å². The first kappa shape index (κ1) is 16.1. The number of rotatable bonds is 3. The highest BCUT2D eigenvalue weighted by atomic mass is 19.4. The van der Waals surface area contributed by atoms with Crippen LogP contribution in [0.1, 0.15) is 41.3 Å². The number of piperidine rings is 1. The number of aromatic amines is 1. The van der Waals surface area contributed by atoms with Crippen LogP contribution in [0.3, 0.4) is 0 Å². The van der Waals surface area contributed by atoms with Crippen LogP contribution in [0.2, 0.25) is 0 Å². The lowest BCUT2D eigenvalue weighted by molar-refractivity contribution is -0.137. The van der Waals surface area contributed by atoms with E-state index in [0.29, 0.717) is 0 Å². The molecule has 0 bridgehead atoms. The molecule has 3 nitrogen and oxygen atoms in total. The van der Waals surface area contributed by atoms with Gasteiger partial charge in [0.15, 0.2) is 0 Å². The molecule has 0 radical (unpaired) electrons. The van der Waals surface area contributed by atoms with Gasteiger partial charge in [0.1, 0.15) is 0 Å². The summed E-state index contributed by atoms with van der Waals surface area (Å²) in [6.45, 7) is 4.42. The van der Waals surface area contributed by atoms with Gasteiger partial charge < -0.3 is 0 Å². The molecule has 6 heteroatoms. The third kappa shape index (κ3) is 3.93. The predicted molar refractivity (Wildman–Crippen MR) is 82.0 cm³/mol. The Bertz CT molecular complexity index is 663. The molecule has 0 spiro atoms. The molecule has 0 saturated carbocycles. The first-order valence-corrected chi connectivity index (χ1v) is 7.82. The highest BCUT2D eigenvalue weighted by Gasteiger charge is 2.31. The fraction of sp³-hybridized carbons (Fsp3) is 0.471. The number of aromatic nitrogens is 2. The fourth-order valence-corrected chi connectivity index (χ4v) is 3.22. The van der Waals surface area contributed by atoms with Crippen LogP contribution < -0.4 is 0 Å². The summed E-state index contributed by atoms with van der Waals surface area (Å²) in [7, 11) is 0. The number of nitrogens with one attached hydrogen (secondary N) is 1. The zero-order valence-corrected chi connectivity index (χ0v) is 13.0. The van der Waals surface area contributed by atoms with E-state index in [0.717, 1.165) is 55.5 Å². The van der Waals surface area contributed by atoms with E-state index < -0.39 is 11.7 Å². The second-order valence-electron chi connectivity index (χ2n) is 6.24. The van der Waals surface area contributed by atoms with E-state index in [9.17, 15) is 13.2 Å². The van der Waals surface area contributed by atoms with Crippen molar-refractivity contribution in [2.45, 2.75) is 38.4 Å². The maximum Gasteiger partial charge on any atom is 0.416 e. The molecule has 1 saturated heterocycles. The molecular formula is C17H20F3N3. The molecule has 1 aliphatic rings. The Morgan fingerprint density at radius 3 is 2.83 bits per heavy atom. The third-order valence-corrected chi connectivity index (χ3v) is 4.34. The minimum absolute atomic E-state index is 0.145. The standard InChI is InChI=1S/C17H20F3N3/c1-12-8-16(22-21-12)11-23-7-3-5-14(10-23)13-4-2-6-15(9-13)17(18,19)20/h2,4,6,8-9,14H,3,5,7,10-11H2,1H3,(H,21,22). The Kier molecular flexibility index (Phi) is 4.43. The molecule has 23 heavy (non-hydrogen) atoms. The van der Waals surface area contributed by atoms with Gasteiger partial charge in [0, 0.05) is 18.8 Å². The van der Waals surface area contributed by atoms with Crippen LogP contribution in [-0.4, -0.2) is 28.2 Å². The predicted octanol–water partition coefficient (Wildman–Crippen LogP) is 4.12. The Labute approximate surface area is 133 Å². The molecule has 1 N–H and O–H groups in total. The molecule has 1 fully saturated rings. The largest absolute Gasteiger partial charge is 0.416 e. The minimum atomic E-state index is -4.28. The molecule has 0 amide bonds. The molecule has 0 aliphatic carbocycles. The Balaban J connectivity index is 1.71. The smallest absolute Gasteiger partial charge is 0.297 e. The van der Waals surface area contributed by atoms with Crippen molar-refractivity contribution in [3.8, 4) is 0 Å². The van der Waals surface area contributed by atoms with Crippen molar-refractivity contribution in [3.05, 3.63) is 52.8 Å². The highest BCUT2D eigenvalue weighted by molar-refractivity contribution is 5.29. The van der Waals surface area contributed by atoms with E-state index in [1.165, 1.54) is 12.1 Å². The zero-order chi connectivity index (χ0) is 16.4. The van der Waals surface area contributed by atoms with Crippen LogP contribution in [0.5, 0.6) is 0 Å². The molecule has 2 aromatic rings. The van der Waals surface area contributed by atoms with Crippen LogP contribution in [0.25, 0.3) is 0 Å². The molecule has 1 unspecified atom stereocenters. The van der Waals surface area contributed by atoms with Crippen molar-refractivity contribution in [1.29, 1.82) is 0 Å². The first-order chi connectivity index (χ1) is 10.9. The van der Waals surface area contributed by atoms with Gasteiger partial charge in [0.25, 0.3) is 0 Å². The molecule has 1 atom stereocenters. The topological polar surface area (TPSA) is 31.9 Å². The van der Waals surface area contributed by atoms with E-state index in [-0.39, 0.29) is 5.92 Å². The van der Waals surface area contributed by atoms with Gasteiger partial charge in [-0.15, -0.1) is 0 Å². The second kappa shape index (κ2) is 6.35. The van der Waals surface area contributed by atoms with Gasteiger partial charge in [-0.05, 0) is 49.9 Å². The zero-order valence-electron chi connectivity index (χ0n) is 13.0. The average molecular weight is 323 g/mol. The van der Waals surface area contributed by atoms with Gasteiger partial charge in [-0.3, -0.25) is 10.00 Å². The summed E-state index contributed by atoms with van der Waals surface area (Å²) in [4.78, 5) is 2.27. The third-order valence-electron chi connectivity index (χ3n) is 4.34. The van der Waals surface area contributed by atoms with E-state index in [2.05, 4.69) is 15.1 Å². The maximum absolute atomic E-state index is 12.9. The van der Waals surface area contributed by atoms with Crippen LogP contribution >= 0.6 is 0 Å².